The number of hydrazone groups is 1. The summed E-state index contributed by atoms with van der Waals surface area (Å²) in [6.07, 6.45) is 7.68. The Morgan fingerprint density at radius 1 is 1.00 bits per heavy atom. The van der Waals surface area contributed by atoms with Gasteiger partial charge in [-0.2, -0.15) is 10.1 Å². The highest BCUT2D eigenvalue weighted by Gasteiger charge is 2.56. The van der Waals surface area contributed by atoms with Crippen LogP contribution < -0.4 is 4.74 Å². The Labute approximate surface area is 207 Å². The van der Waals surface area contributed by atoms with E-state index in [0.29, 0.717) is 17.4 Å². The lowest BCUT2D eigenvalue weighted by atomic mass is 9.63. The van der Waals surface area contributed by atoms with Crippen LogP contribution in [0.25, 0.3) is 0 Å². The topological polar surface area (TPSA) is 59.0 Å². The predicted octanol–water partition coefficient (Wildman–Crippen LogP) is 5.98. The average Bonchev–Trinajstić information content (AvgIpc) is 3.06. The van der Waals surface area contributed by atoms with Crippen molar-refractivity contribution in [2.75, 3.05) is 0 Å². The molecule has 8 heteroatoms. The summed E-state index contributed by atoms with van der Waals surface area (Å²) in [5.74, 6) is 0.0758. The first-order valence-corrected chi connectivity index (χ1v) is 12.3. The summed E-state index contributed by atoms with van der Waals surface area (Å²) in [5.41, 5.74) is 1.73. The summed E-state index contributed by atoms with van der Waals surface area (Å²) in [6, 6.07) is 11.2. The molecule has 0 aromatic heterocycles. The molecule has 0 unspecified atom stereocenters. The zero-order valence-electron chi connectivity index (χ0n) is 16.9. The number of benzene rings is 2. The molecule has 0 spiro atoms. The smallest absolute Gasteiger partial charge is 0.254 e. The molecule has 1 aliphatic heterocycles. The third kappa shape index (κ3) is 3.95. The standard InChI is InChI=1S/C24H19Br2ClN2O3/c25-18-9-14(10-19(26)22(18)32-12-13-1-7-17(27)8-2-13)11-28-29-23(30)20-15-3-4-16(6-5-15)21(20)24(29)31/h1-4,7-11,15-16,20-21H,5-6,12H2/b28-11-/t15-,16-,20+,21+/m0/s1. The van der Waals surface area contributed by atoms with Crippen LogP contribution in [0.3, 0.4) is 0 Å². The van der Waals surface area contributed by atoms with Gasteiger partial charge in [0.25, 0.3) is 11.8 Å². The molecular weight excluding hydrogens is 560 g/mol. The third-order valence-corrected chi connectivity index (χ3v) is 7.81. The van der Waals surface area contributed by atoms with E-state index < -0.39 is 0 Å². The maximum atomic E-state index is 12.9. The zero-order valence-corrected chi connectivity index (χ0v) is 20.8. The van der Waals surface area contributed by atoms with Crippen LogP contribution in [0.1, 0.15) is 24.0 Å². The van der Waals surface area contributed by atoms with Crippen molar-refractivity contribution in [2.24, 2.45) is 28.8 Å². The van der Waals surface area contributed by atoms with Gasteiger partial charge in [0.2, 0.25) is 0 Å². The molecule has 2 aromatic rings. The minimum Gasteiger partial charge on any atom is -0.487 e. The molecular formula is C24H19Br2ClN2O3. The van der Waals surface area contributed by atoms with Gasteiger partial charge in [0.1, 0.15) is 12.4 Å². The average molecular weight is 579 g/mol. The third-order valence-electron chi connectivity index (χ3n) is 6.38. The van der Waals surface area contributed by atoms with Crippen molar-refractivity contribution in [3.05, 3.63) is 73.6 Å². The molecule has 2 aromatic carbocycles. The Morgan fingerprint density at radius 2 is 1.56 bits per heavy atom. The second-order valence-corrected chi connectivity index (χ2v) is 10.4. The molecule has 3 aliphatic carbocycles. The molecule has 5 nitrogen and oxygen atoms in total. The van der Waals surface area contributed by atoms with Crippen LogP contribution in [0.5, 0.6) is 5.75 Å². The maximum absolute atomic E-state index is 12.9. The first-order valence-electron chi connectivity index (χ1n) is 10.4. The fourth-order valence-corrected chi connectivity index (χ4v) is 6.40. The van der Waals surface area contributed by atoms with Crippen LogP contribution in [0.2, 0.25) is 5.02 Å². The molecule has 4 aliphatic rings. The molecule has 32 heavy (non-hydrogen) atoms. The lowest BCUT2D eigenvalue weighted by Gasteiger charge is -2.37. The molecule has 2 fully saturated rings. The van der Waals surface area contributed by atoms with E-state index in [-0.39, 0.29) is 35.5 Å². The molecule has 6 rings (SSSR count). The quantitative estimate of drug-likeness (QED) is 0.249. The molecule has 1 saturated carbocycles. The fourth-order valence-electron chi connectivity index (χ4n) is 4.82. The van der Waals surface area contributed by atoms with Crippen molar-refractivity contribution in [1.29, 1.82) is 0 Å². The Balaban J connectivity index is 1.31. The van der Waals surface area contributed by atoms with Gasteiger partial charge in [-0.25, -0.2) is 0 Å². The number of rotatable bonds is 5. The number of imide groups is 1. The first-order chi connectivity index (χ1) is 15.4. The van der Waals surface area contributed by atoms with Crippen molar-refractivity contribution < 1.29 is 14.3 Å². The highest BCUT2D eigenvalue weighted by Crippen LogP contribution is 2.49. The largest absolute Gasteiger partial charge is 0.487 e. The fraction of sp³-hybridized carbons (Fsp3) is 0.292. The van der Waals surface area contributed by atoms with Crippen LogP contribution in [0, 0.1) is 23.7 Å². The molecule has 164 valence electrons. The van der Waals surface area contributed by atoms with Crippen LogP contribution in [0.15, 0.2) is 62.6 Å². The molecule has 1 heterocycles. The Bertz CT molecular complexity index is 1090. The van der Waals surface area contributed by atoms with Crippen LogP contribution in [-0.2, 0) is 16.2 Å². The van der Waals surface area contributed by atoms with E-state index in [1.54, 1.807) is 6.21 Å². The molecule has 0 N–H and O–H groups in total. The predicted molar refractivity (Wildman–Crippen MR) is 129 cm³/mol. The van der Waals surface area contributed by atoms with E-state index in [4.69, 9.17) is 16.3 Å². The van der Waals surface area contributed by atoms with Gasteiger partial charge in [0, 0.05) is 5.02 Å². The minimum atomic E-state index is -0.259. The number of fused-ring (bicyclic) bond motifs is 1. The number of allylic oxidation sites excluding steroid dienone is 2. The SMILES string of the molecule is O=C1[C@H]2[C@H](C(=O)N1/N=C\c1cc(Br)c(OCc3ccc(Cl)cc3)c(Br)c1)[C@H]1C=C[C@H]2CC1. The summed E-state index contributed by atoms with van der Waals surface area (Å²) in [7, 11) is 0. The van der Waals surface area contributed by atoms with Gasteiger partial charge in [-0.1, -0.05) is 35.9 Å². The number of ether oxygens (including phenoxy) is 1. The number of nitrogens with zero attached hydrogens (tertiary/aromatic N) is 2. The summed E-state index contributed by atoms with van der Waals surface area (Å²) < 4.78 is 7.42. The number of hydrogen-bond acceptors (Lipinski definition) is 4. The van der Waals surface area contributed by atoms with Gasteiger partial charge in [-0.05, 0) is 91.9 Å². The van der Waals surface area contributed by atoms with Crippen molar-refractivity contribution in [3.63, 3.8) is 0 Å². The van der Waals surface area contributed by atoms with Gasteiger partial charge in [-0.3, -0.25) is 9.59 Å². The monoisotopic (exact) mass is 576 g/mol. The second kappa shape index (κ2) is 8.76. The zero-order chi connectivity index (χ0) is 22.4. The number of amides is 2. The van der Waals surface area contributed by atoms with E-state index in [0.717, 1.165) is 37.9 Å². The van der Waals surface area contributed by atoms with E-state index in [1.165, 1.54) is 0 Å². The van der Waals surface area contributed by atoms with Gasteiger partial charge in [0.15, 0.2) is 0 Å². The summed E-state index contributed by atoms with van der Waals surface area (Å²) in [5, 5.41) is 6.02. The van der Waals surface area contributed by atoms with Crippen molar-refractivity contribution in [3.8, 4) is 5.75 Å². The van der Waals surface area contributed by atoms with E-state index in [2.05, 4.69) is 49.1 Å². The van der Waals surface area contributed by atoms with E-state index in [1.807, 2.05) is 36.4 Å². The number of carbonyl (C=O) groups is 2. The van der Waals surface area contributed by atoms with Gasteiger partial charge in [0.05, 0.1) is 27.0 Å². The molecule has 2 amide bonds. The minimum absolute atomic E-state index is 0.155. The highest BCUT2D eigenvalue weighted by molar-refractivity contribution is 9.11. The van der Waals surface area contributed by atoms with Crippen LogP contribution >= 0.6 is 43.5 Å². The molecule has 2 bridgehead atoms. The van der Waals surface area contributed by atoms with Gasteiger partial charge >= 0.3 is 0 Å². The van der Waals surface area contributed by atoms with E-state index >= 15 is 0 Å². The summed E-state index contributed by atoms with van der Waals surface area (Å²) >= 11 is 13.0. The maximum Gasteiger partial charge on any atom is 0.254 e. The Kier molecular flexibility index (Phi) is 5.99. The van der Waals surface area contributed by atoms with E-state index in [9.17, 15) is 9.59 Å². The van der Waals surface area contributed by atoms with Crippen LogP contribution in [0.4, 0.5) is 0 Å². The van der Waals surface area contributed by atoms with Crippen molar-refractivity contribution in [2.45, 2.75) is 19.4 Å². The Hall–Kier alpha value is -1.96. The normalized spacial score (nSPS) is 26.3. The lowest BCUT2D eigenvalue weighted by Crippen LogP contribution is -2.38. The number of halogens is 3. The molecule has 4 atom stereocenters. The highest BCUT2D eigenvalue weighted by atomic mass is 79.9. The Morgan fingerprint density at radius 3 is 2.09 bits per heavy atom. The van der Waals surface area contributed by atoms with Crippen molar-refractivity contribution >= 4 is 61.5 Å². The number of carbonyl (C=O) groups excluding carboxylic acids is 2. The van der Waals surface area contributed by atoms with Gasteiger partial charge in [-0.15, -0.1) is 0 Å². The van der Waals surface area contributed by atoms with Crippen molar-refractivity contribution in [1.82, 2.24) is 5.01 Å². The summed E-state index contributed by atoms with van der Waals surface area (Å²) in [4.78, 5) is 25.8. The summed E-state index contributed by atoms with van der Waals surface area (Å²) in [6.45, 7) is 0.387. The number of hydrogen-bond donors (Lipinski definition) is 0. The first kappa shape index (κ1) is 21.9. The lowest BCUT2D eigenvalue weighted by molar-refractivity contribution is -0.140. The molecule has 1 saturated heterocycles. The second-order valence-electron chi connectivity index (χ2n) is 8.30. The van der Waals surface area contributed by atoms with Crippen LogP contribution in [-0.4, -0.2) is 23.0 Å². The molecule has 0 radical (unpaired) electrons. The van der Waals surface area contributed by atoms with Gasteiger partial charge < -0.3 is 4.74 Å².